The van der Waals surface area contributed by atoms with Crippen molar-refractivity contribution >= 4 is 12.2 Å². The Kier molecular flexibility index (Phi) is 2.89. The van der Waals surface area contributed by atoms with Gasteiger partial charge in [-0.3, -0.25) is 0 Å². The van der Waals surface area contributed by atoms with E-state index in [0.29, 0.717) is 6.42 Å². The van der Waals surface area contributed by atoms with Crippen LogP contribution in [0.3, 0.4) is 0 Å². The summed E-state index contributed by atoms with van der Waals surface area (Å²) in [6.45, 7) is 3.54. The molecule has 2 nitrogen and oxygen atoms in total. The maximum Gasteiger partial charge on any atom is 0.125 e. The molecule has 0 N–H and O–H groups in total. The van der Waals surface area contributed by atoms with Crippen molar-refractivity contribution in [2.24, 2.45) is 5.41 Å². The first kappa shape index (κ1) is 8.12. The summed E-state index contributed by atoms with van der Waals surface area (Å²) in [6.07, 6.45) is 2.63. The predicted molar refractivity (Wildman–Crippen MR) is 34.7 cm³/mol. The van der Waals surface area contributed by atoms with E-state index in [0.717, 1.165) is 6.29 Å². The van der Waals surface area contributed by atoms with Gasteiger partial charge in [0.25, 0.3) is 0 Å². The average molecular weight is 126 g/mol. The molecule has 0 aromatic rings. The number of carbonyl (C=O) groups excluding carboxylic acids is 2. The van der Waals surface area contributed by atoms with Crippen LogP contribution in [-0.2, 0) is 9.59 Å². The fourth-order valence-electron chi connectivity index (χ4n) is 0.353. The Labute approximate surface area is 54.6 Å². The minimum absolute atomic E-state index is 0.405. The molecular weight excluding hydrogens is 116 g/mol. The molecule has 0 saturated heterocycles. The number of carbonyl (C=O) groups is 1. The lowest BCUT2D eigenvalue weighted by Crippen LogP contribution is -2.10. The first-order valence-corrected chi connectivity index (χ1v) is 2.78. The minimum Gasteiger partial charge on any atom is -0.303 e. The molecule has 50 valence electrons. The zero-order chi connectivity index (χ0) is 7.33. The second-order valence-corrected chi connectivity index (χ2v) is 2.63. The second-order valence-electron chi connectivity index (χ2n) is 2.63. The highest BCUT2D eigenvalue weighted by molar-refractivity contribution is 5.59. The van der Waals surface area contributed by atoms with Crippen LogP contribution in [0.2, 0.25) is 0 Å². The summed E-state index contributed by atoms with van der Waals surface area (Å²) in [7, 11) is 0. The number of rotatable bonds is 3. The monoisotopic (exact) mass is 126 g/mol. The van der Waals surface area contributed by atoms with Crippen LogP contribution >= 0.6 is 0 Å². The Balaban J connectivity index is 3.85. The van der Waals surface area contributed by atoms with Crippen molar-refractivity contribution in [3.8, 4) is 0 Å². The zero-order valence-corrected chi connectivity index (χ0v) is 5.68. The first-order chi connectivity index (χ1) is 4.12. The first-order valence-electron chi connectivity index (χ1n) is 2.78. The van der Waals surface area contributed by atoms with Crippen molar-refractivity contribution in [3.05, 3.63) is 6.08 Å². The molecule has 0 rings (SSSR count). The molecule has 0 atom stereocenters. The number of hydrogen-bond acceptors (Lipinski definition) is 2. The van der Waals surface area contributed by atoms with Gasteiger partial charge in [0.15, 0.2) is 0 Å². The van der Waals surface area contributed by atoms with Crippen molar-refractivity contribution < 1.29 is 9.59 Å². The van der Waals surface area contributed by atoms with Gasteiger partial charge < -0.3 is 4.79 Å². The molecule has 0 heterocycles. The summed E-state index contributed by atoms with van der Waals surface area (Å²) >= 11 is 0. The molecule has 0 radical (unpaired) electrons. The van der Waals surface area contributed by atoms with Gasteiger partial charge in [0.05, 0.1) is 0 Å². The van der Waals surface area contributed by atoms with Crippen LogP contribution in [0.15, 0.2) is 6.08 Å². The third kappa shape index (κ3) is 3.68. The van der Waals surface area contributed by atoms with Gasteiger partial charge in [-0.15, -0.1) is 0 Å². The molecule has 0 aliphatic rings. The van der Waals surface area contributed by atoms with Gasteiger partial charge in [-0.1, -0.05) is 13.8 Å². The molecule has 9 heavy (non-hydrogen) atoms. The standard InChI is InChI=1S/C7H10O2/c1-7(2,6-9)4-3-5-8/h3,6H,4H2,1-2H3. The van der Waals surface area contributed by atoms with E-state index < -0.39 is 5.41 Å². The van der Waals surface area contributed by atoms with E-state index in [9.17, 15) is 9.59 Å². The third-order valence-corrected chi connectivity index (χ3v) is 1.03. The highest BCUT2D eigenvalue weighted by Gasteiger charge is 2.13. The molecule has 0 saturated carbocycles. The summed E-state index contributed by atoms with van der Waals surface area (Å²) in [5.74, 6) is 1.62. The predicted octanol–water partition coefficient (Wildman–Crippen LogP) is 0.989. The summed E-state index contributed by atoms with van der Waals surface area (Å²) in [6, 6.07) is 0. The molecule has 0 aromatic carbocycles. The minimum atomic E-state index is -0.405. The van der Waals surface area contributed by atoms with Crippen LogP contribution in [-0.4, -0.2) is 12.2 Å². The molecule has 0 aliphatic carbocycles. The second kappa shape index (κ2) is 3.21. The number of allylic oxidation sites excluding steroid dienone is 1. The Morgan fingerprint density at radius 2 is 2.11 bits per heavy atom. The van der Waals surface area contributed by atoms with Gasteiger partial charge in [0, 0.05) is 11.5 Å². The van der Waals surface area contributed by atoms with Gasteiger partial charge >= 0.3 is 0 Å². The molecule has 0 spiro atoms. The lowest BCUT2D eigenvalue weighted by molar-refractivity contribution is -0.114. The van der Waals surface area contributed by atoms with E-state index in [4.69, 9.17) is 0 Å². The van der Waals surface area contributed by atoms with Crippen molar-refractivity contribution in [2.75, 3.05) is 0 Å². The lowest BCUT2D eigenvalue weighted by Gasteiger charge is -2.10. The van der Waals surface area contributed by atoms with E-state index in [-0.39, 0.29) is 0 Å². The normalized spacial score (nSPS) is 10.0. The van der Waals surface area contributed by atoms with Crippen LogP contribution in [0, 0.1) is 5.41 Å². The molecule has 0 amide bonds. The SMILES string of the molecule is CC(C)(C=O)CC=C=O. The highest BCUT2D eigenvalue weighted by atomic mass is 16.1. The molecule has 2 heteroatoms. The zero-order valence-electron chi connectivity index (χ0n) is 5.68. The van der Waals surface area contributed by atoms with E-state index in [1.165, 1.54) is 6.08 Å². The molecular formula is C7H10O2. The summed E-state index contributed by atoms with van der Waals surface area (Å²) in [5.41, 5.74) is -0.405. The van der Waals surface area contributed by atoms with Gasteiger partial charge in [0.2, 0.25) is 0 Å². The maximum atomic E-state index is 10.2. The van der Waals surface area contributed by atoms with Crippen molar-refractivity contribution in [1.29, 1.82) is 0 Å². The van der Waals surface area contributed by atoms with Crippen molar-refractivity contribution in [3.63, 3.8) is 0 Å². The van der Waals surface area contributed by atoms with Crippen LogP contribution in [0.25, 0.3) is 0 Å². The Morgan fingerprint density at radius 3 is 2.44 bits per heavy atom. The molecule has 0 aliphatic heterocycles. The summed E-state index contributed by atoms with van der Waals surface area (Å²) in [4.78, 5) is 19.9. The van der Waals surface area contributed by atoms with Crippen LogP contribution < -0.4 is 0 Å². The van der Waals surface area contributed by atoms with Crippen LogP contribution in [0.5, 0.6) is 0 Å². The lowest BCUT2D eigenvalue weighted by atomic mass is 9.92. The van der Waals surface area contributed by atoms with E-state index >= 15 is 0 Å². The van der Waals surface area contributed by atoms with E-state index in [2.05, 4.69) is 0 Å². The Bertz CT molecular complexity index is 141. The van der Waals surface area contributed by atoms with Gasteiger partial charge in [0.1, 0.15) is 12.2 Å². The molecule has 0 unspecified atom stereocenters. The third-order valence-electron chi connectivity index (χ3n) is 1.03. The van der Waals surface area contributed by atoms with Gasteiger partial charge in [-0.2, -0.15) is 0 Å². The average Bonchev–Trinajstić information content (AvgIpc) is 1.84. The quantitative estimate of drug-likeness (QED) is 0.417. The van der Waals surface area contributed by atoms with Gasteiger partial charge in [-0.05, 0) is 6.42 Å². The fourth-order valence-corrected chi connectivity index (χ4v) is 0.353. The summed E-state index contributed by atoms with van der Waals surface area (Å²) in [5, 5.41) is 0. The largest absolute Gasteiger partial charge is 0.303 e. The highest BCUT2D eigenvalue weighted by Crippen LogP contribution is 2.15. The maximum absolute atomic E-state index is 10.2. The fraction of sp³-hybridized carbons (Fsp3) is 0.571. The molecule has 0 bridgehead atoms. The van der Waals surface area contributed by atoms with Crippen molar-refractivity contribution in [2.45, 2.75) is 20.3 Å². The van der Waals surface area contributed by atoms with Crippen molar-refractivity contribution in [1.82, 2.24) is 0 Å². The van der Waals surface area contributed by atoms with Crippen LogP contribution in [0.1, 0.15) is 20.3 Å². The van der Waals surface area contributed by atoms with Crippen LogP contribution in [0.4, 0.5) is 0 Å². The Morgan fingerprint density at radius 1 is 1.56 bits per heavy atom. The molecule has 0 fully saturated rings. The van der Waals surface area contributed by atoms with E-state index in [1.807, 2.05) is 0 Å². The number of hydrogen-bond donors (Lipinski definition) is 0. The Hall–Kier alpha value is -0.880. The number of aldehydes is 1. The topological polar surface area (TPSA) is 34.1 Å². The summed E-state index contributed by atoms with van der Waals surface area (Å²) < 4.78 is 0. The smallest absolute Gasteiger partial charge is 0.125 e. The van der Waals surface area contributed by atoms with Gasteiger partial charge in [-0.25, -0.2) is 4.79 Å². The van der Waals surface area contributed by atoms with E-state index in [1.54, 1.807) is 19.8 Å². The molecule has 0 aromatic heterocycles.